The third-order valence-electron chi connectivity index (χ3n) is 3.24. The molecule has 2 aromatic rings. The second-order valence-electron chi connectivity index (χ2n) is 5.16. The van der Waals surface area contributed by atoms with Crippen molar-refractivity contribution in [2.45, 2.75) is 6.54 Å². The molecule has 0 spiro atoms. The lowest BCUT2D eigenvalue weighted by atomic mass is 10.1. The summed E-state index contributed by atoms with van der Waals surface area (Å²) in [6.45, 7) is 0.290. The Labute approximate surface area is 135 Å². The molecule has 0 aliphatic rings. The molecule has 1 aromatic heterocycles. The maximum atomic E-state index is 12.1. The molecule has 23 heavy (non-hydrogen) atoms. The summed E-state index contributed by atoms with van der Waals surface area (Å²) >= 11 is 0. The van der Waals surface area contributed by atoms with Gasteiger partial charge in [-0.15, -0.1) is 0 Å². The fourth-order valence-corrected chi connectivity index (χ4v) is 1.95. The van der Waals surface area contributed by atoms with Crippen molar-refractivity contribution in [1.82, 2.24) is 10.3 Å². The van der Waals surface area contributed by atoms with Gasteiger partial charge in [-0.25, -0.2) is 0 Å². The molecular formula is C18H18N4O. The molecule has 5 nitrogen and oxygen atoms in total. The summed E-state index contributed by atoms with van der Waals surface area (Å²) in [6, 6.07) is 15.0. The molecule has 0 bridgehead atoms. The average molecular weight is 306 g/mol. The van der Waals surface area contributed by atoms with E-state index in [4.69, 9.17) is 0 Å². The molecule has 1 aromatic carbocycles. The van der Waals surface area contributed by atoms with Gasteiger partial charge in [0.05, 0.1) is 12.2 Å². The molecule has 5 heteroatoms. The highest BCUT2D eigenvalue weighted by molar-refractivity contribution is 6.01. The van der Waals surface area contributed by atoms with Gasteiger partial charge in [-0.2, -0.15) is 5.26 Å². The van der Waals surface area contributed by atoms with Crippen molar-refractivity contribution >= 4 is 17.7 Å². The predicted octanol–water partition coefficient (Wildman–Crippen LogP) is 2.37. The molecule has 0 aliphatic carbocycles. The van der Waals surface area contributed by atoms with E-state index < -0.39 is 5.91 Å². The zero-order valence-corrected chi connectivity index (χ0v) is 13.2. The molecule has 0 aliphatic heterocycles. The second-order valence-corrected chi connectivity index (χ2v) is 5.16. The van der Waals surface area contributed by atoms with Gasteiger partial charge in [0.2, 0.25) is 0 Å². The fraction of sp³-hybridized carbons (Fsp3) is 0.167. The van der Waals surface area contributed by atoms with Gasteiger partial charge in [-0.3, -0.25) is 9.78 Å². The summed E-state index contributed by atoms with van der Waals surface area (Å²) in [4.78, 5) is 18.2. The van der Waals surface area contributed by atoms with E-state index >= 15 is 0 Å². The van der Waals surface area contributed by atoms with Crippen LogP contribution in [0, 0.1) is 11.3 Å². The van der Waals surface area contributed by atoms with Crippen LogP contribution < -0.4 is 10.2 Å². The molecule has 0 saturated carbocycles. The molecule has 116 valence electrons. The van der Waals surface area contributed by atoms with Gasteiger partial charge < -0.3 is 10.2 Å². The van der Waals surface area contributed by atoms with Crippen molar-refractivity contribution in [2.75, 3.05) is 19.0 Å². The number of amides is 1. The number of nitrogens with zero attached hydrogens (tertiary/aromatic N) is 3. The molecule has 1 N–H and O–H groups in total. The van der Waals surface area contributed by atoms with E-state index in [9.17, 15) is 10.1 Å². The number of nitrogens with one attached hydrogen (secondary N) is 1. The SMILES string of the molecule is CN(C)c1ccc(/C=C(/C#N)C(=O)NCc2ccccn2)cc1. The van der Waals surface area contributed by atoms with Gasteiger partial charge in [0.15, 0.2) is 0 Å². The zero-order valence-electron chi connectivity index (χ0n) is 13.2. The topological polar surface area (TPSA) is 69.0 Å². The van der Waals surface area contributed by atoms with Crippen LogP contribution in [0.4, 0.5) is 5.69 Å². The normalized spacial score (nSPS) is 10.7. The largest absolute Gasteiger partial charge is 0.378 e. The Kier molecular flexibility index (Phi) is 5.48. The number of aromatic nitrogens is 1. The predicted molar refractivity (Wildman–Crippen MR) is 90.4 cm³/mol. The highest BCUT2D eigenvalue weighted by Gasteiger charge is 2.09. The van der Waals surface area contributed by atoms with Gasteiger partial charge in [0.1, 0.15) is 11.6 Å². The number of anilines is 1. The van der Waals surface area contributed by atoms with Crippen molar-refractivity contribution in [3.05, 3.63) is 65.5 Å². The van der Waals surface area contributed by atoms with Crippen LogP contribution in [0.2, 0.25) is 0 Å². The van der Waals surface area contributed by atoms with Crippen molar-refractivity contribution in [1.29, 1.82) is 5.26 Å². The summed E-state index contributed by atoms with van der Waals surface area (Å²) < 4.78 is 0. The first-order chi connectivity index (χ1) is 11.1. The third-order valence-corrected chi connectivity index (χ3v) is 3.24. The minimum absolute atomic E-state index is 0.0681. The highest BCUT2D eigenvalue weighted by Crippen LogP contribution is 2.14. The Morgan fingerprint density at radius 1 is 1.26 bits per heavy atom. The maximum absolute atomic E-state index is 12.1. The number of hydrogen-bond donors (Lipinski definition) is 1. The highest BCUT2D eigenvalue weighted by atomic mass is 16.1. The molecule has 0 unspecified atom stereocenters. The van der Waals surface area contributed by atoms with Gasteiger partial charge >= 0.3 is 0 Å². The van der Waals surface area contributed by atoms with Crippen molar-refractivity contribution in [3.63, 3.8) is 0 Å². The Balaban J connectivity index is 2.06. The molecule has 0 atom stereocenters. The minimum Gasteiger partial charge on any atom is -0.378 e. The van der Waals surface area contributed by atoms with Crippen molar-refractivity contribution in [2.24, 2.45) is 0 Å². The van der Waals surface area contributed by atoms with Crippen LogP contribution in [0.25, 0.3) is 6.08 Å². The average Bonchev–Trinajstić information content (AvgIpc) is 2.59. The summed E-state index contributed by atoms with van der Waals surface area (Å²) in [5.41, 5.74) is 2.67. The van der Waals surface area contributed by atoms with E-state index in [0.29, 0.717) is 0 Å². The lowest BCUT2D eigenvalue weighted by molar-refractivity contribution is -0.117. The Hall–Kier alpha value is -3.13. The second kappa shape index (κ2) is 7.76. The van der Waals surface area contributed by atoms with E-state index in [1.165, 1.54) is 0 Å². The van der Waals surface area contributed by atoms with Crippen LogP contribution in [0.5, 0.6) is 0 Å². The van der Waals surface area contributed by atoms with Crippen LogP contribution in [-0.4, -0.2) is 25.0 Å². The zero-order chi connectivity index (χ0) is 16.7. The van der Waals surface area contributed by atoms with Gasteiger partial charge in [0, 0.05) is 26.0 Å². The van der Waals surface area contributed by atoms with Crippen LogP contribution in [0.1, 0.15) is 11.3 Å². The Bertz CT molecular complexity index is 728. The monoisotopic (exact) mass is 306 g/mol. The van der Waals surface area contributed by atoms with E-state index in [0.717, 1.165) is 16.9 Å². The number of carbonyl (C=O) groups is 1. The van der Waals surface area contributed by atoms with Crippen molar-refractivity contribution in [3.8, 4) is 6.07 Å². The lowest BCUT2D eigenvalue weighted by Crippen LogP contribution is -2.24. The molecule has 0 radical (unpaired) electrons. The maximum Gasteiger partial charge on any atom is 0.262 e. The number of hydrogen-bond acceptors (Lipinski definition) is 4. The fourth-order valence-electron chi connectivity index (χ4n) is 1.95. The smallest absolute Gasteiger partial charge is 0.262 e. The van der Waals surface area contributed by atoms with E-state index in [1.807, 2.05) is 67.5 Å². The first-order valence-corrected chi connectivity index (χ1v) is 7.17. The third kappa shape index (κ3) is 4.68. The van der Waals surface area contributed by atoms with Crippen LogP contribution >= 0.6 is 0 Å². The number of pyridine rings is 1. The number of rotatable bonds is 5. The number of benzene rings is 1. The molecular weight excluding hydrogens is 288 g/mol. The first-order valence-electron chi connectivity index (χ1n) is 7.17. The van der Waals surface area contributed by atoms with Gasteiger partial charge in [-0.1, -0.05) is 18.2 Å². The summed E-state index contributed by atoms with van der Waals surface area (Å²) in [5.74, 6) is -0.408. The van der Waals surface area contributed by atoms with Gasteiger partial charge in [-0.05, 0) is 35.9 Å². The number of carbonyl (C=O) groups excluding carboxylic acids is 1. The number of nitriles is 1. The summed E-state index contributed by atoms with van der Waals surface area (Å²) in [6.07, 6.45) is 3.24. The van der Waals surface area contributed by atoms with Crippen LogP contribution in [-0.2, 0) is 11.3 Å². The molecule has 1 amide bonds. The quantitative estimate of drug-likeness (QED) is 0.680. The first kappa shape index (κ1) is 16.2. The van der Waals surface area contributed by atoms with E-state index in [-0.39, 0.29) is 12.1 Å². The minimum atomic E-state index is -0.408. The lowest BCUT2D eigenvalue weighted by Gasteiger charge is -2.11. The van der Waals surface area contributed by atoms with Crippen molar-refractivity contribution < 1.29 is 4.79 Å². The van der Waals surface area contributed by atoms with Crippen LogP contribution in [0.15, 0.2) is 54.2 Å². The molecule has 2 rings (SSSR count). The van der Waals surface area contributed by atoms with Crippen LogP contribution in [0.3, 0.4) is 0 Å². The summed E-state index contributed by atoms with van der Waals surface area (Å²) in [7, 11) is 3.91. The Morgan fingerprint density at radius 3 is 2.57 bits per heavy atom. The van der Waals surface area contributed by atoms with E-state index in [1.54, 1.807) is 12.3 Å². The molecule has 1 heterocycles. The Morgan fingerprint density at radius 2 is 2.00 bits per heavy atom. The summed E-state index contributed by atoms with van der Waals surface area (Å²) in [5, 5.41) is 11.9. The standard InChI is InChI=1S/C18H18N4O/c1-22(2)17-8-6-14(7-9-17)11-15(12-19)18(23)21-13-16-5-3-4-10-20-16/h3-11H,13H2,1-2H3,(H,21,23)/b15-11-. The molecule has 0 saturated heterocycles. The van der Waals surface area contributed by atoms with Gasteiger partial charge in [0.25, 0.3) is 5.91 Å². The van der Waals surface area contributed by atoms with E-state index in [2.05, 4.69) is 10.3 Å². The molecule has 0 fully saturated rings.